The number of hydrogen-bond donors (Lipinski definition) is 2. The van der Waals surface area contributed by atoms with Gasteiger partial charge in [-0.3, -0.25) is 0 Å². The Balaban J connectivity index is 2.64. The lowest BCUT2D eigenvalue weighted by Crippen LogP contribution is -2.25. The number of hydrogen-bond acceptors (Lipinski definition) is 4. The quantitative estimate of drug-likeness (QED) is 0.643. The highest BCUT2D eigenvalue weighted by Gasteiger charge is 2.14. The van der Waals surface area contributed by atoms with Crippen molar-refractivity contribution in [1.82, 2.24) is 10.0 Å². The molecular formula is C14H23ClN2O3S. The molecule has 0 unspecified atom stereocenters. The van der Waals surface area contributed by atoms with Crippen molar-refractivity contribution >= 4 is 21.6 Å². The zero-order valence-electron chi connectivity index (χ0n) is 12.5. The number of sulfonamides is 1. The van der Waals surface area contributed by atoms with E-state index >= 15 is 0 Å². The van der Waals surface area contributed by atoms with Crippen LogP contribution in [-0.2, 0) is 21.3 Å². The van der Waals surface area contributed by atoms with E-state index in [4.69, 9.17) is 16.3 Å². The number of unbranched alkanes of at least 4 members (excludes halogenated alkanes) is 1. The van der Waals surface area contributed by atoms with Crippen LogP contribution in [0.25, 0.3) is 0 Å². The Kier molecular flexibility index (Phi) is 8.21. The van der Waals surface area contributed by atoms with Crippen LogP contribution < -0.4 is 10.0 Å². The molecule has 2 N–H and O–H groups in total. The van der Waals surface area contributed by atoms with Gasteiger partial charge >= 0.3 is 0 Å². The van der Waals surface area contributed by atoms with E-state index in [0.29, 0.717) is 24.7 Å². The van der Waals surface area contributed by atoms with Gasteiger partial charge in [0.1, 0.15) is 0 Å². The van der Waals surface area contributed by atoms with Gasteiger partial charge in [-0.05, 0) is 37.1 Å². The molecule has 0 atom stereocenters. The van der Waals surface area contributed by atoms with Crippen molar-refractivity contribution in [2.45, 2.75) is 31.2 Å². The van der Waals surface area contributed by atoms with E-state index in [9.17, 15) is 8.42 Å². The molecule has 0 aliphatic carbocycles. The van der Waals surface area contributed by atoms with E-state index in [-0.39, 0.29) is 4.90 Å². The molecule has 0 heterocycles. The number of halogens is 1. The summed E-state index contributed by atoms with van der Waals surface area (Å²) in [7, 11) is -1.88. The highest BCUT2D eigenvalue weighted by molar-refractivity contribution is 7.89. The molecule has 5 nitrogen and oxygen atoms in total. The standard InChI is InChI=1S/C14H23ClN2O3S/c1-3-16-11-12-6-7-13(10-14(12)15)21(18,19)17-8-4-5-9-20-2/h6-7,10,16-17H,3-5,8-9,11H2,1-2H3. The molecule has 1 aromatic carbocycles. The predicted octanol–water partition coefficient (Wildman–Crippen LogP) is 2.15. The average molecular weight is 335 g/mol. The van der Waals surface area contributed by atoms with Gasteiger partial charge in [-0.2, -0.15) is 0 Å². The third-order valence-corrected chi connectivity index (χ3v) is 4.78. The minimum atomic E-state index is -3.50. The Morgan fingerprint density at radius 1 is 1.29 bits per heavy atom. The van der Waals surface area contributed by atoms with Gasteiger partial charge in [0.2, 0.25) is 10.0 Å². The maximum Gasteiger partial charge on any atom is 0.240 e. The van der Waals surface area contributed by atoms with Gasteiger partial charge in [0.05, 0.1) is 4.90 Å². The summed E-state index contributed by atoms with van der Waals surface area (Å²) in [5.41, 5.74) is 0.887. The van der Waals surface area contributed by atoms with Crippen molar-refractivity contribution in [3.63, 3.8) is 0 Å². The normalized spacial score (nSPS) is 11.8. The molecule has 0 saturated heterocycles. The lowest BCUT2D eigenvalue weighted by atomic mass is 10.2. The molecule has 0 aliphatic heterocycles. The summed E-state index contributed by atoms with van der Waals surface area (Å²) in [6.07, 6.45) is 1.56. The van der Waals surface area contributed by atoms with Crippen molar-refractivity contribution in [1.29, 1.82) is 0 Å². The van der Waals surface area contributed by atoms with Crippen molar-refractivity contribution in [3.05, 3.63) is 28.8 Å². The van der Waals surface area contributed by atoms with E-state index in [0.717, 1.165) is 24.9 Å². The molecule has 0 amide bonds. The Morgan fingerprint density at radius 2 is 2.05 bits per heavy atom. The second kappa shape index (κ2) is 9.38. The third-order valence-electron chi connectivity index (χ3n) is 2.97. The topological polar surface area (TPSA) is 67.4 Å². The summed E-state index contributed by atoms with van der Waals surface area (Å²) in [5.74, 6) is 0. The maximum atomic E-state index is 12.1. The summed E-state index contributed by atoms with van der Waals surface area (Å²) in [4.78, 5) is 0.194. The van der Waals surface area contributed by atoms with Crippen LogP contribution >= 0.6 is 11.6 Å². The highest BCUT2D eigenvalue weighted by Crippen LogP contribution is 2.20. The van der Waals surface area contributed by atoms with Crippen LogP contribution in [0.2, 0.25) is 5.02 Å². The molecule has 7 heteroatoms. The van der Waals surface area contributed by atoms with E-state index in [2.05, 4.69) is 10.0 Å². The first-order valence-corrected chi connectivity index (χ1v) is 8.85. The van der Waals surface area contributed by atoms with Crippen molar-refractivity contribution in [2.75, 3.05) is 26.8 Å². The third kappa shape index (κ3) is 6.32. The molecule has 1 aromatic rings. The largest absolute Gasteiger partial charge is 0.385 e. The van der Waals surface area contributed by atoms with Gasteiger partial charge < -0.3 is 10.1 Å². The molecule has 0 fully saturated rings. The minimum Gasteiger partial charge on any atom is -0.385 e. The summed E-state index contributed by atoms with van der Waals surface area (Å²) >= 11 is 6.12. The van der Waals surface area contributed by atoms with Gasteiger partial charge in [0.25, 0.3) is 0 Å². The smallest absolute Gasteiger partial charge is 0.240 e. The van der Waals surface area contributed by atoms with Gasteiger partial charge in [-0.1, -0.05) is 24.6 Å². The van der Waals surface area contributed by atoms with Gasteiger partial charge in [-0.15, -0.1) is 0 Å². The SMILES string of the molecule is CCNCc1ccc(S(=O)(=O)NCCCCOC)cc1Cl. The first-order chi connectivity index (χ1) is 10.0. The molecule has 0 saturated carbocycles. The number of ether oxygens (including phenoxy) is 1. The molecule has 0 aliphatic rings. The zero-order chi connectivity index (χ0) is 15.7. The predicted molar refractivity (Wildman–Crippen MR) is 85.1 cm³/mol. The molecule has 21 heavy (non-hydrogen) atoms. The monoisotopic (exact) mass is 334 g/mol. The summed E-state index contributed by atoms with van der Waals surface area (Å²) in [6, 6.07) is 4.81. The van der Waals surface area contributed by atoms with Crippen molar-refractivity contribution in [3.8, 4) is 0 Å². The van der Waals surface area contributed by atoms with Gasteiger partial charge in [-0.25, -0.2) is 13.1 Å². The number of nitrogens with one attached hydrogen (secondary N) is 2. The lowest BCUT2D eigenvalue weighted by Gasteiger charge is -2.09. The Bertz CT molecular complexity index is 535. The van der Waals surface area contributed by atoms with Crippen molar-refractivity contribution < 1.29 is 13.2 Å². The van der Waals surface area contributed by atoms with Gasteiger partial charge in [0.15, 0.2) is 0 Å². The van der Waals surface area contributed by atoms with Crippen LogP contribution in [0, 0.1) is 0 Å². The molecule has 0 bridgehead atoms. The molecule has 120 valence electrons. The minimum absolute atomic E-state index is 0.194. The van der Waals surface area contributed by atoms with Crippen LogP contribution in [-0.4, -0.2) is 35.2 Å². The highest BCUT2D eigenvalue weighted by atomic mass is 35.5. The van der Waals surface area contributed by atoms with Crippen LogP contribution in [0.5, 0.6) is 0 Å². The van der Waals surface area contributed by atoms with E-state index in [1.807, 2.05) is 6.92 Å². The first kappa shape index (κ1) is 18.4. The summed E-state index contributed by atoms with van der Waals surface area (Å²) < 4.78 is 31.7. The van der Waals surface area contributed by atoms with Crippen LogP contribution in [0.4, 0.5) is 0 Å². The summed E-state index contributed by atoms with van der Waals surface area (Å²) in [5, 5.41) is 3.61. The fourth-order valence-corrected chi connectivity index (χ4v) is 3.17. The summed E-state index contributed by atoms with van der Waals surface area (Å²) in [6.45, 7) is 4.48. The molecular weight excluding hydrogens is 312 g/mol. The van der Waals surface area contributed by atoms with E-state index < -0.39 is 10.0 Å². The number of rotatable bonds is 10. The molecule has 0 aromatic heterocycles. The Labute approximate surface area is 132 Å². The van der Waals surface area contributed by atoms with E-state index in [1.54, 1.807) is 19.2 Å². The van der Waals surface area contributed by atoms with Crippen LogP contribution in [0.1, 0.15) is 25.3 Å². The number of benzene rings is 1. The first-order valence-electron chi connectivity index (χ1n) is 6.99. The second-order valence-electron chi connectivity index (χ2n) is 4.63. The molecule has 0 radical (unpaired) electrons. The second-order valence-corrected chi connectivity index (χ2v) is 6.81. The number of methoxy groups -OCH3 is 1. The fraction of sp³-hybridized carbons (Fsp3) is 0.571. The Morgan fingerprint density at radius 3 is 2.67 bits per heavy atom. The van der Waals surface area contributed by atoms with Crippen molar-refractivity contribution in [2.24, 2.45) is 0 Å². The lowest BCUT2D eigenvalue weighted by molar-refractivity contribution is 0.193. The molecule has 1 rings (SSSR count). The van der Waals surface area contributed by atoms with Crippen LogP contribution in [0.3, 0.4) is 0 Å². The van der Waals surface area contributed by atoms with Gasteiger partial charge in [0, 0.05) is 31.8 Å². The van der Waals surface area contributed by atoms with Crippen LogP contribution in [0.15, 0.2) is 23.1 Å². The zero-order valence-corrected chi connectivity index (χ0v) is 14.1. The van der Waals surface area contributed by atoms with E-state index in [1.165, 1.54) is 6.07 Å². The Hall–Kier alpha value is -0.660. The maximum absolute atomic E-state index is 12.1. The fourth-order valence-electron chi connectivity index (χ4n) is 1.76. The molecule has 0 spiro atoms. The average Bonchev–Trinajstić information content (AvgIpc) is 2.45.